The molecule has 1 aliphatic carbocycles. The van der Waals surface area contributed by atoms with Gasteiger partial charge in [0.2, 0.25) is 0 Å². The van der Waals surface area contributed by atoms with E-state index in [1.54, 1.807) is 6.20 Å². The van der Waals surface area contributed by atoms with Crippen LogP contribution in [-0.2, 0) is 0 Å². The molecule has 4 heteroatoms. The number of piperidine rings is 1. The molecule has 2 atom stereocenters. The molecule has 0 unspecified atom stereocenters. The predicted octanol–water partition coefficient (Wildman–Crippen LogP) is 4.85. The van der Waals surface area contributed by atoms with Gasteiger partial charge in [0.25, 0.3) is 0 Å². The molecule has 1 aliphatic heterocycles. The Hall–Kier alpha value is -2.49. The Morgan fingerprint density at radius 1 is 0.885 bits per heavy atom. The highest BCUT2D eigenvalue weighted by Crippen LogP contribution is 2.39. The zero-order chi connectivity index (χ0) is 17.3. The molecule has 4 nitrogen and oxygen atoms in total. The molecular formula is C22H24N4. The molecule has 0 amide bonds. The Morgan fingerprint density at radius 3 is 2.69 bits per heavy atom. The van der Waals surface area contributed by atoms with Gasteiger partial charge < -0.3 is 4.90 Å². The fraction of sp³-hybridized carbons (Fsp3) is 0.409. The van der Waals surface area contributed by atoms with Gasteiger partial charge in [-0.25, -0.2) is 9.97 Å². The van der Waals surface area contributed by atoms with E-state index >= 15 is 0 Å². The highest BCUT2D eigenvalue weighted by Gasteiger charge is 2.34. The van der Waals surface area contributed by atoms with E-state index in [1.165, 1.54) is 43.9 Å². The van der Waals surface area contributed by atoms with Gasteiger partial charge in [0, 0.05) is 35.9 Å². The van der Waals surface area contributed by atoms with Crippen LogP contribution in [0.4, 0.5) is 5.82 Å². The van der Waals surface area contributed by atoms with E-state index in [-0.39, 0.29) is 0 Å². The minimum atomic E-state index is 0.637. The van der Waals surface area contributed by atoms with E-state index in [2.05, 4.69) is 34.1 Å². The lowest BCUT2D eigenvalue weighted by Crippen LogP contribution is -2.47. The molecule has 0 radical (unpaired) electrons. The van der Waals surface area contributed by atoms with Crippen molar-refractivity contribution in [3.63, 3.8) is 0 Å². The van der Waals surface area contributed by atoms with Gasteiger partial charge in [-0.15, -0.1) is 0 Å². The van der Waals surface area contributed by atoms with Crippen molar-refractivity contribution in [3.8, 4) is 11.4 Å². The van der Waals surface area contributed by atoms with Crippen molar-refractivity contribution < 1.29 is 0 Å². The summed E-state index contributed by atoms with van der Waals surface area (Å²) < 4.78 is 0. The number of fused-ring (bicyclic) bond motifs is 2. The maximum atomic E-state index is 5.06. The van der Waals surface area contributed by atoms with Gasteiger partial charge in [0.05, 0.1) is 5.52 Å². The minimum absolute atomic E-state index is 0.637. The van der Waals surface area contributed by atoms with Gasteiger partial charge >= 0.3 is 0 Å². The lowest BCUT2D eigenvalue weighted by Gasteiger charge is -2.45. The van der Waals surface area contributed by atoms with Crippen LogP contribution in [0.1, 0.15) is 38.5 Å². The van der Waals surface area contributed by atoms with Crippen LogP contribution in [-0.4, -0.2) is 27.5 Å². The first-order valence-corrected chi connectivity index (χ1v) is 9.84. The average Bonchev–Trinajstić information content (AvgIpc) is 2.73. The van der Waals surface area contributed by atoms with Crippen molar-refractivity contribution in [2.75, 3.05) is 11.4 Å². The number of benzene rings is 1. The Morgan fingerprint density at radius 2 is 1.77 bits per heavy atom. The van der Waals surface area contributed by atoms with Crippen LogP contribution in [0.2, 0.25) is 0 Å². The molecule has 1 aromatic carbocycles. The van der Waals surface area contributed by atoms with E-state index in [0.717, 1.165) is 35.2 Å². The summed E-state index contributed by atoms with van der Waals surface area (Å²) >= 11 is 0. The number of pyridine rings is 1. The molecule has 0 spiro atoms. The van der Waals surface area contributed by atoms with E-state index < -0.39 is 0 Å². The fourth-order valence-corrected chi connectivity index (χ4v) is 4.79. The first kappa shape index (κ1) is 15.7. The van der Waals surface area contributed by atoms with E-state index in [0.29, 0.717) is 6.04 Å². The van der Waals surface area contributed by atoms with Crippen LogP contribution in [0.3, 0.4) is 0 Å². The third-order valence-corrected chi connectivity index (χ3v) is 6.02. The van der Waals surface area contributed by atoms with E-state index in [9.17, 15) is 0 Å². The summed E-state index contributed by atoms with van der Waals surface area (Å²) in [5.74, 6) is 2.73. The van der Waals surface area contributed by atoms with Crippen molar-refractivity contribution in [3.05, 3.63) is 48.8 Å². The van der Waals surface area contributed by atoms with Gasteiger partial charge in [-0.3, -0.25) is 4.98 Å². The standard InChI is InChI=1S/C22H24N4/c1-4-12-20-16(7-1)9-6-14-26(20)22-18-10-2-3-11-19(18)24-21(25-22)17-8-5-13-23-15-17/h2-3,5,8,10-11,13,15-16,20H,1,4,6-7,9,12,14H2/t16-,20-/m1/s1. The second-order valence-corrected chi connectivity index (χ2v) is 7.58. The van der Waals surface area contributed by atoms with Crippen LogP contribution >= 0.6 is 0 Å². The SMILES string of the molecule is c1cncc(-c2nc(N3CCC[C@H]4CCCC[C@H]43)c3ccccc3n2)c1. The van der Waals surface area contributed by atoms with Crippen molar-refractivity contribution in [2.24, 2.45) is 5.92 Å². The van der Waals surface area contributed by atoms with E-state index in [4.69, 9.17) is 9.97 Å². The third kappa shape index (κ3) is 2.74. The zero-order valence-corrected chi connectivity index (χ0v) is 15.0. The van der Waals surface area contributed by atoms with Crippen molar-refractivity contribution in [1.29, 1.82) is 0 Å². The molecule has 1 saturated heterocycles. The second-order valence-electron chi connectivity index (χ2n) is 7.58. The molecule has 132 valence electrons. The lowest BCUT2D eigenvalue weighted by atomic mass is 9.78. The summed E-state index contributed by atoms with van der Waals surface area (Å²) in [5.41, 5.74) is 2.01. The normalized spacial score (nSPS) is 23.0. The van der Waals surface area contributed by atoms with E-state index in [1.807, 2.05) is 18.3 Å². The fourth-order valence-electron chi connectivity index (χ4n) is 4.79. The molecule has 26 heavy (non-hydrogen) atoms. The monoisotopic (exact) mass is 344 g/mol. The van der Waals surface area contributed by atoms with Crippen molar-refractivity contribution >= 4 is 16.7 Å². The number of nitrogens with zero attached hydrogens (tertiary/aromatic N) is 4. The number of rotatable bonds is 2. The number of hydrogen-bond acceptors (Lipinski definition) is 4. The molecule has 3 aromatic rings. The van der Waals surface area contributed by atoms with Crippen LogP contribution < -0.4 is 4.90 Å². The van der Waals surface area contributed by atoms with Crippen molar-refractivity contribution in [2.45, 2.75) is 44.6 Å². The molecule has 0 N–H and O–H groups in total. The van der Waals surface area contributed by atoms with Crippen LogP contribution in [0, 0.1) is 5.92 Å². The van der Waals surface area contributed by atoms with Gasteiger partial charge in [0.15, 0.2) is 5.82 Å². The third-order valence-electron chi connectivity index (χ3n) is 6.02. The van der Waals surface area contributed by atoms with Gasteiger partial charge in [-0.05, 0) is 55.9 Å². The largest absolute Gasteiger partial charge is 0.353 e. The molecule has 2 fully saturated rings. The highest BCUT2D eigenvalue weighted by atomic mass is 15.2. The van der Waals surface area contributed by atoms with Gasteiger partial charge in [0.1, 0.15) is 5.82 Å². The Balaban J connectivity index is 1.66. The maximum absolute atomic E-state index is 5.06. The summed E-state index contributed by atoms with van der Waals surface area (Å²) in [5, 5.41) is 1.17. The Labute approximate surface area is 154 Å². The topological polar surface area (TPSA) is 41.9 Å². The Kier molecular flexibility index (Phi) is 4.04. The molecule has 1 saturated carbocycles. The molecule has 0 bridgehead atoms. The lowest BCUT2D eigenvalue weighted by molar-refractivity contribution is 0.243. The summed E-state index contributed by atoms with van der Waals surface area (Å²) in [6.07, 6.45) is 11.7. The zero-order valence-electron chi connectivity index (χ0n) is 15.0. The smallest absolute Gasteiger partial charge is 0.163 e. The summed E-state index contributed by atoms with van der Waals surface area (Å²) in [6.45, 7) is 1.11. The molecule has 5 rings (SSSR count). The van der Waals surface area contributed by atoms with Crippen LogP contribution in [0.5, 0.6) is 0 Å². The quantitative estimate of drug-likeness (QED) is 0.666. The summed E-state index contributed by atoms with van der Waals surface area (Å²) in [4.78, 5) is 16.7. The number of para-hydroxylation sites is 1. The molecular weight excluding hydrogens is 320 g/mol. The first-order valence-electron chi connectivity index (χ1n) is 9.84. The van der Waals surface area contributed by atoms with Crippen LogP contribution in [0.15, 0.2) is 48.8 Å². The molecule has 2 aliphatic rings. The highest BCUT2D eigenvalue weighted by molar-refractivity contribution is 5.91. The summed E-state index contributed by atoms with van der Waals surface area (Å²) in [6, 6.07) is 13.1. The van der Waals surface area contributed by atoms with Gasteiger partial charge in [-0.2, -0.15) is 0 Å². The minimum Gasteiger partial charge on any atom is -0.353 e. The number of hydrogen-bond donors (Lipinski definition) is 0. The maximum Gasteiger partial charge on any atom is 0.163 e. The average molecular weight is 344 g/mol. The summed E-state index contributed by atoms with van der Waals surface area (Å²) in [7, 11) is 0. The Bertz CT molecular complexity index is 906. The van der Waals surface area contributed by atoms with Crippen LogP contribution in [0.25, 0.3) is 22.3 Å². The molecule has 3 heterocycles. The second kappa shape index (κ2) is 6.67. The predicted molar refractivity (Wildman–Crippen MR) is 105 cm³/mol. The van der Waals surface area contributed by atoms with Gasteiger partial charge in [-0.1, -0.05) is 25.0 Å². The van der Waals surface area contributed by atoms with Crippen molar-refractivity contribution in [1.82, 2.24) is 15.0 Å². The number of anilines is 1. The molecule has 2 aromatic heterocycles. The number of aromatic nitrogens is 3. The first-order chi connectivity index (χ1) is 12.9.